The number of rotatable bonds is 8. The van der Waals surface area contributed by atoms with Crippen LogP contribution in [0, 0.1) is 19.8 Å². The Morgan fingerprint density at radius 1 is 1.19 bits per heavy atom. The fourth-order valence-electron chi connectivity index (χ4n) is 4.34. The number of carbonyl (C=O) groups is 2. The highest BCUT2D eigenvalue weighted by Gasteiger charge is 2.34. The average Bonchev–Trinajstić information content (AvgIpc) is 3.29. The number of piperidine rings is 1. The second kappa shape index (κ2) is 10.8. The summed E-state index contributed by atoms with van der Waals surface area (Å²) in [6, 6.07) is 5.74. The number of aryl methyl sites for hydroxylation is 1. The molecule has 2 aliphatic rings. The van der Waals surface area contributed by atoms with E-state index in [1.165, 1.54) is 4.31 Å². The number of carbonyl (C=O) groups excluding carboxylic acids is 2. The van der Waals surface area contributed by atoms with Crippen LogP contribution in [0.3, 0.4) is 0 Å². The van der Waals surface area contributed by atoms with Gasteiger partial charge in [-0.1, -0.05) is 12.1 Å². The Labute approximate surface area is 191 Å². The molecule has 1 atom stereocenters. The summed E-state index contributed by atoms with van der Waals surface area (Å²) in [5, 5.41) is 2.94. The smallest absolute Gasteiger partial charge is 0.244 e. The number of amides is 2. The van der Waals surface area contributed by atoms with E-state index in [9.17, 15) is 18.0 Å². The van der Waals surface area contributed by atoms with E-state index in [-0.39, 0.29) is 36.1 Å². The summed E-state index contributed by atoms with van der Waals surface area (Å²) in [4.78, 5) is 27.8. The van der Waals surface area contributed by atoms with Crippen LogP contribution < -0.4 is 5.32 Å². The molecule has 1 aromatic rings. The Bertz CT molecular complexity index is 920. The van der Waals surface area contributed by atoms with Crippen molar-refractivity contribution in [3.8, 4) is 0 Å². The van der Waals surface area contributed by atoms with Crippen LogP contribution in [0.25, 0.3) is 0 Å². The normalized spacial score (nSPS) is 20.3. The molecule has 0 saturated carbocycles. The number of anilines is 1. The summed E-state index contributed by atoms with van der Waals surface area (Å²) < 4.78 is 31.4. The SMILES string of the molecule is CCS(=O)(=O)N1CCC(C(=O)N(CC(=O)Nc2cccc(C)c2C)CC2CCCO2)CC1. The maximum absolute atomic E-state index is 13.3. The van der Waals surface area contributed by atoms with Gasteiger partial charge in [0.15, 0.2) is 0 Å². The monoisotopic (exact) mass is 465 g/mol. The molecule has 2 saturated heterocycles. The maximum atomic E-state index is 13.3. The molecule has 0 radical (unpaired) electrons. The topological polar surface area (TPSA) is 96.0 Å². The lowest BCUT2D eigenvalue weighted by atomic mass is 9.96. The van der Waals surface area contributed by atoms with E-state index in [2.05, 4.69) is 5.32 Å². The van der Waals surface area contributed by atoms with Crippen LogP contribution in [0.5, 0.6) is 0 Å². The molecular weight excluding hydrogens is 430 g/mol. The standard InChI is InChI=1S/C23H35N3O5S/c1-4-32(29,30)26-12-10-19(11-13-26)23(28)25(15-20-8-6-14-31-20)16-22(27)24-21-9-5-7-17(2)18(21)3/h5,7,9,19-20H,4,6,8,10-16H2,1-3H3,(H,24,27). The van der Waals surface area contributed by atoms with Crippen molar-refractivity contribution >= 4 is 27.5 Å². The average molecular weight is 466 g/mol. The number of benzene rings is 1. The van der Waals surface area contributed by atoms with Crippen molar-refractivity contribution in [3.63, 3.8) is 0 Å². The number of ether oxygens (including phenoxy) is 1. The van der Waals surface area contributed by atoms with Gasteiger partial charge in [-0.15, -0.1) is 0 Å². The van der Waals surface area contributed by atoms with E-state index < -0.39 is 10.0 Å². The van der Waals surface area contributed by atoms with Gasteiger partial charge in [0.25, 0.3) is 0 Å². The lowest BCUT2D eigenvalue weighted by Crippen LogP contribution is -2.48. The first kappa shape index (κ1) is 24.7. The van der Waals surface area contributed by atoms with E-state index in [0.717, 1.165) is 29.7 Å². The van der Waals surface area contributed by atoms with Crippen molar-refractivity contribution in [1.29, 1.82) is 0 Å². The number of sulfonamides is 1. The Balaban J connectivity index is 1.66. The third-order valence-electron chi connectivity index (χ3n) is 6.53. The Morgan fingerprint density at radius 3 is 2.53 bits per heavy atom. The molecule has 178 valence electrons. The van der Waals surface area contributed by atoms with Gasteiger partial charge in [-0.2, -0.15) is 0 Å². The lowest BCUT2D eigenvalue weighted by molar-refractivity contribution is -0.141. The molecule has 2 aliphatic heterocycles. The van der Waals surface area contributed by atoms with Crippen molar-refractivity contribution < 1.29 is 22.7 Å². The highest BCUT2D eigenvalue weighted by Crippen LogP contribution is 2.24. The zero-order valence-electron chi connectivity index (χ0n) is 19.3. The summed E-state index contributed by atoms with van der Waals surface area (Å²) in [5.74, 6) is -0.551. The van der Waals surface area contributed by atoms with Gasteiger partial charge in [0.2, 0.25) is 21.8 Å². The highest BCUT2D eigenvalue weighted by atomic mass is 32.2. The van der Waals surface area contributed by atoms with Crippen molar-refractivity contribution in [1.82, 2.24) is 9.21 Å². The molecule has 2 amide bonds. The molecule has 1 aromatic carbocycles. The Morgan fingerprint density at radius 2 is 1.91 bits per heavy atom. The largest absolute Gasteiger partial charge is 0.376 e. The molecular formula is C23H35N3O5S. The number of hydrogen-bond acceptors (Lipinski definition) is 5. The molecule has 32 heavy (non-hydrogen) atoms. The van der Waals surface area contributed by atoms with Crippen LogP contribution >= 0.6 is 0 Å². The van der Waals surface area contributed by atoms with Crippen LogP contribution in [0.4, 0.5) is 5.69 Å². The molecule has 9 heteroatoms. The summed E-state index contributed by atoms with van der Waals surface area (Å²) >= 11 is 0. The molecule has 3 rings (SSSR count). The van der Waals surface area contributed by atoms with Crippen molar-refractivity contribution in [2.24, 2.45) is 5.92 Å². The zero-order valence-corrected chi connectivity index (χ0v) is 20.1. The minimum absolute atomic E-state index is 0.0421. The van der Waals surface area contributed by atoms with Gasteiger partial charge in [0, 0.05) is 37.8 Å². The summed E-state index contributed by atoms with van der Waals surface area (Å²) in [6.07, 6.45) is 2.70. The highest BCUT2D eigenvalue weighted by molar-refractivity contribution is 7.89. The third-order valence-corrected chi connectivity index (χ3v) is 8.42. The van der Waals surface area contributed by atoms with Crippen LogP contribution in [0.15, 0.2) is 18.2 Å². The van der Waals surface area contributed by atoms with Crippen LogP contribution in [0.2, 0.25) is 0 Å². The first-order valence-electron chi connectivity index (χ1n) is 11.5. The van der Waals surface area contributed by atoms with Gasteiger partial charge < -0.3 is 15.0 Å². The molecule has 0 aromatic heterocycles. The second-order valence-corrected chi connectivity index (χ2v) is 11.0. The van der Waals surface area contributed by atoms with E-state index in [1.54, 1.807) is 11.8 Å². The van der Waals surface area contributed by atoms with Crippen molar-refractivity contribution in [2.75, 3.05) is 43.9 Å². The van der Waals surface area contributed by atoms with E-state index in [0.29, 0.717) is 39.1 Å². The minimum Gasteiger partial charge on any atom is -0.376 e. The molecule has 8 nitrogen and oxygen atoms in total. The van der Waals surface area contributed by atoms with Gasteiger partial charge >= 0.3 is 0 Å². The number of hydrogen-bond donors (Lipinski definition) is 1. The molecule has 2 heterocycles. The van der Waals surface area contributed by atoms with Crippen LogP contribution in [-0.4, -0.2) is 74.1 Å². The number of nitrogens with one attached hydrogen (secondary N) is 1. The fraction of sp³-hybridized carbons (Fsp3) is 0.652. The lowest BCUT2D eigenvalue weighted by Gasteiger charge is -2.34. The maximum Gasteiger partial charge on any atom is 0.244 e. The third kappa shape index (κ3) is 6.08. The second-order valence-electron chi connectivity index (χ2n) is 8.72. The molecule has 0 spiro atoms. The van der Waals surface area contributed by atoms with Gasteiger partial charge in [0.05, 0.1) is 18.4 Å². The molecule has 0 aliphatic carbocycles. The van der Waals surface area contributed by atoms with Gasteiger partial charge in [-0.05, 0) is 63.6 Å². The fourth-order valence-corrected chi connectivity index (χ4v) is 5.47. The molecule has 1 N–H and O–H groups in total. The first-order valence-corrected chi connectivity index (χ1v) is 13.1. The predicted octanol–water partition coefficient (Wildman–Crippen LogP) is 2.31. The number of nitrogens with zero attached hydrogens (tertiary/aromatic N) is 2. The Hall–Kier alpha value is -1.97. The zero-order chi connectivity index (χ0) is 23.3. The van der Waals surface area contributed by atoms with Crippen LogP contribution in [-0.2, 0) is 24.3 Å². The van der Waals surface area contributed by atoms with Crippen molar-refractivity contribution in [2.45, 2.75) is 52.6 Å². The summed E-state index contributed by atoms with van der Waals surface area (Å²) in [5.41, 5.74) is 2.84. The van der Waals surface area contributed by atoms with E-state index in [4.69, 9.17) is 4.74 Å². The molecule has 1 unspecified atom stereocenters. The first-order chi connectivity index (χ1) is 15.2. The van der Waals surface area contributed by atoms with Crippen molar-refractivity contribution in [3.05, 3.63) is 29.3 Å². The Kier molecular flexibility index (Phi) is 8.30. The van der Waals surface area contributed by atoms with Crippen LogP contribution in [0.1, 0.15) is 43.7 Å². The quantitative estimate of drug-likeness (QED) is 0.636. The predicted molar refractivity (Wildman–Crippen MR) is 124 cm³/mol. The van der Waals surface area contributed by atoms with Gasteiger partial charge in [-0.25, -0.2) is 12.7 Å². The van der Waals surface area contributed by atoms with Gasteiger partial charge in [0.1, 0.15) is 0 Å². The summed E-state index contributed by atoms with van der Waals surface area (Å²) in [6.45, 7) is 7.27. The van der Waals surface area contributed by atoms with Gasteiger partial charge in [-0.3, -0.25) is 9.59 Å². The summed E-state index contributed by atoms with van der Waals surface area (Å²) in [7, 11) is -3.25. The minimum atomic E-state index is -3.25. The van der Waals surface area contributed by atoms with E-state index >= 15 is 0 Å². The molecule has 2 fully saturated rings. The van der Waals surface area contributed by atoms with E-state index in [1.807, 2.05) is 32.0 Å². The molecule has 0 bridgehead atoms.